The van der Waals surface area contributed by atoms with Gasteiger partial charge in [0, 0.05) is 38.0 Å². The average Bonchev–Trinajstić information content (AvgIpc) is 3.22. The monoisotopic (exact) mass is 334 g/mol. The summed E-state index contributed by atoms with van der Waals surface area (Å²) < 4.78 is 10.8. The predicted octanol–water partition coefficient (Wildman–Crippen LogP) is 0.542. The van der Waals surface area contributed by atoms with E-state index in [-0.39, 0.29) is 17.9 Å². The molecule has 7 nitrogen and oxygen atoms in total. The summed E-state index contributed by atoms with van der Waals surface area (Å²) in [6.45, 7) is 7.27. The van der Waals surface area contributed by atoms with Crippen LogP contribution in [0.5, 0.6) is 11.5 Å². The summed E-state index contributed by atoms with van der Waals surface area (Å²) in [6.07, 6.45) is 0. The molecule has 132 valence electrons. The number of carbonyl (C=O) groups is 1. The number of hydrogen-bond donors (Lipinski definition) is 4. The van der Waals surface area contributed by atoms with Crippen molar-refractivity contribution < 1.29 is 14.3 Å². The number of fused-ring (bicyclic) bond motifs is 1. The van der Waals surface area contributed by atoms with E-state index >= 15 is 0 Å². The summed E-state index contributed by atoms with van der Waals surface area (Å²) in [5.41, 5.74) is 7.75. The topological polar surface area (TPSA) is 83.7 Å². The van der Waals surface area contributed by atoms with Crippen LogP contribution in [0.1, 0.15) is 25.5 Å². The van der Waals surface area contributed by atoms with Crippen LogP contribution in [0.3, 0.4) is 0 Å². The van der Waals surface area contributed by atoms with Gasteiger partial charge in [0.05, 0.1) is 6.04 Å². The van der Waals surface area contributed by atoms with Gasteiger partial charge in [0.2, 0.25) is 12.7 Å². The molecule has 0 bridgehead atoms. The van der Waals surface area contributed by atoms with Crippen molar-refractivity contribution in [3.8, 4) is 11.5 Å². The van der Waals surface area contributed by atoms with E-state index in [1.165, 1.54) is 5.56 Å². The lowest BCUT2D eigenvalue weighted by molar-refractivity contribution is -0.123. The number of rotatable bonds is 7. The summed E-state index contributed by atoms with van der Waals surface area (Å²) in [4.78, 5) is 11.5. The third-order valence-electron chi connectivity index (χ3n) is 4.38. The van der Waals surface area contributed by atoms with Gasteiger partial charge in [0.25, 0.3) is 0 Å². The van der Waals surface area contributed by atoms with Gasteiger partial charge in [-0.25, -0.2) is 5.43 Å². The van der Waals surface area contributed by atoms with Crippen LogP contribution in [0.2, 0.25) is 0 Å². The summed E-state index contributed by atoms with van der Waals surface area (Å²) >= 11 is 0. The van der Waals surface area contributed by atoms with Gasteiger partial charge in [0.15, 0.2) is 11.5 Å². The van der Waals surface area contributed by atoms with Crippen molar-refractivity contribution in [2.45, 2.75) is 19.9 Å². The number of benzene rings is 1. The highest BCUT2D eigenvalue weighted by Crippen LogP contribution is 2.36. The molecule has 1 amide bonds. The molecule has 24 heavy (non-hydrogen) atoms. The van der Waals surface area contributed by atoms with E-state index in [0.717, 1.165) is 31.1 Å². The molecule has 2 aliphatic heterocycles. The van der Waals surface area contributed by atoms with E-state index in [9.17, 15) is 4.79 Å². The Labute approximate surface area is 142 Å². The molecule has 1 aromatic carbocycles. The Balaban J connectivity index is 1.46. The molecule has 0 spiro atoms. The van der Waals surface area contributed by atoms with E-state index in [1.54, 1.807) is 0 Å². The Morgan fingerprint density at radius 1 is 1.29 bits per heavy atom. The van der Waals surface area contributed by atoms with Gasteiger partial charge in [-0.05, 0) is 17.7 Å². The standard InChI is InChI=1S/C17H26N4O3/c1-11(2)17(22)19-6-5-18-8-13-9-20-21-16(13)12-3-4-14-15(7-12)24-10-23-14/h3-4,7,11,13,16,18,20-21H,5-6,8-10H2,1-2H3,(H,19,22). The van der Waals surface area contributed by atoms with Crippen LogP contribution in [0.4, 0.5) is 0 Å². The normalized spacial score (nSPS) is 22.1. The van der Waals surface area contributed by atoms with Gasteiger partial charge in [-0.1, -0.05) is 19.9 Å². The molecule has 2 heterocycles. The molecule has 4 N–H and O–H groups in total. The minimum Gasteiger partial charge on any atom is -0.454 e. The fourth-order valence-corrected chi connectivity index (χ4v) is 2.95. The van der Waals surface area contributed by atoms with E-state index in [4.69, 9.17) is 9.47 Å². The van der Waals surface area contributed by atoms with Crippen molar-refractivity contribution in [3.05, 3.63) is 23.8 Å². The molecular weight excluding hydrogens is 308 g/mol. The van der Waals surface area contributed by atoms with E-state index < -0.39 is 0 Å². The van der Waals surface area contributed by atoms with Crippen LogP contribution in [-0.2, 0) is 4.79 Å². The highest BCUT2D eigenvalue weighted by atomic mass is 16.7. The first kappa shape index (κ1) is 17.0. The highest BCUT2D eigenvalue weighted by Gasteiger charge is 2.29. The largest absolute Gasteiger partial charge is 0.454 e. The third kappa shape index (κ3) is 3.98. The van der Waals surface area contributed by atoms with Crippen LogP contribution in [0, 0.1) is 11.8 Å². The highest BCUT2D eigenvalue weighted by molar-refractivity contribution is 5.77. The van der Waals surface area contributed by atoms with E-state index in [0.29, 0.717) is 19.3 Å². The van der Waals surface area contributed by atoms with Gasteiger partial charge in [-0.15, -0.1) is 0 Å². The predicted molar refractivity (Wildman–Crippen MR) is 90.7 cm³/mol. The smallest absolute Gasteiger partial charge is 0.231 e. The zero-order valence-electron chi connectivity index (χ0n) is 14.2. The van der Waals surface area contributed by atoms with Crippen molar-refractivity contribution in [1.82, 2.24) is 21.5 Å². The Morgan fingerprint density at radius 3 is 2.96 bits per heavy atom. The minimum absolute atomic E-state index is 0.0311. The molecule has 1 aromatic rings. The van der Waals surface area contributed by atoms with Crippen molar-refractivity contribution in [1.29, 1.82) is 0 Å². The van der Waals surface area contributed by atoms with Crippen molar-refractivity contribution in [2.75, 3.05) is 33.0 Å². The molecular formula is C17H26N4O3. The lowest BCUT2D eigenvalue weighted by Gasteiger charge is -2.20. The summed E-state index contributed by atoms with van der Waals surface area (Å²) in [7, 11) is 0. The van der Waals surface area contributed by atoms with Crippen LogP contribution in [0.25, 0.3) is 0 Å². The van der Waals surface area contributed by atoms with Gasteiger partial charge in [-0.2, -0.15) is 0 Å². The second-order valence-corrected chi connectivity index (χ2v) is 6.53. The van der Waals surface area contributed by atoms with Crippen molar-refractivity contribution in [3.63, 3.8) is 0 Å². The Morgan fingerprint density at radius 2 is 2.12 bits per heavy atom. The number of amides is 1. The number of nitrogens with one attached hydrogen (secondary N) is 4. The lowest BCUT2D eigenvalue weighted by Crippen LogP contribution is -2.36. The van der Waals surface area contributed by atoms with Gasteiger partial charge < -0.3 is 20.1 Å². The maximum atomic E-state index is 11.5. The SMILES string of the molecule is CC(C)C(=O)NCCNCC1CNNC1c1ccc2c(c1)OCO2. The first-order valence-electron chi connectivity index (χ1n) is 8.51. The maximum absolute atomic E-state index is 11.5. The van der Waals surface area contributed by atoms with Crippen molar-refractivity contribution >= 4 is 5.91 Å². The number of hydrogen-bond acceptors (Lipinski definition) is 6. The van der Waals surface area contributed by atoms with Crippen molar-refractivity contribution in [2.24, 2.45) is 11.8 Å². The molecule has 0 radical (unpaired) electrons. The molecule has 7 heteroatoms. The first-order chi connectivity index (χ1) is 11.6. The molecule has 3 rings (SSSR count). The maximum Gasteiger partial charge on any atom is 0.231 e. The van der Waals surface area contributed by atoms with Crippen LogP contribution >= 0.6 is 0 Å². The number of ether oxygens (including phenoxy) is 2. The first-order valence-corrected chi connectivity index (χ1v) is 8.51. The number of hydrazine groups is 1. The van der Waals surface area contributed by atoms with E-state index in [2.05, 4.69) is 27.6 Å². The number of carbonyl (C=O) groups excluding carboxylic acids is 1. The quantitative estimate of drug-likeness (QED) is 0.545. The lowest BCUT2D eigenvalue weighted by atomic mass is 9.94. The Bertz CT molecular complexity index is 579. The second kappa shape index (κ2) is 7.83. The van der Waals surface area contributed by atoms with Crippen LogP contribution in [0.15, 0.2) is 18.2 Å². The molecule has 2 unspecified atom stereocenters. The molecule has 0 aliphatic carbocycles. The molecule has 0 aromatic heterocycles. The summed E-state index contributed by atoms with van der Waals surface area (Å²) in [5, 5.41) is 6.34. The molecule has 1 saturated heterocycles. The van der Waals surface area contributed by atoms with Gasteiger partial charge in [-0.3, -0.25) is 10.2 Å². The minimum atomic E-state index is 0.0311. The zero-order valence-corrected chi connectivity index (χ0v) is 14.2. The molecule has 2 aliphatic rings. The zero-order chi connectivity index (χ0) is 16.9. The fourth-order valence-electron chi connectivity index (χ4n) is 2.95. The second-order valence-electron chi connectivity index (χ2n) is 6.53. The average molecular weight is 334 g/mol. The van der Waals surface area contributed by atoms with Crippen LogP contribution < -0.4 is 31.0 Å². The van der Waals surface area contributed by atoms with Gasteiger partial charge in [0.1, 0.15) is 0 Å². The summed E-state index contributed by atoms with van der Waals surface area (Å²) in [5.74, 6) is 2.17. The Hall–Kier alpha value is -1.83. The fraction of sp³-hybridized carbons (Fsp3) is 0.588. The summed E-state index contributed by atoms with van der Waals surface area (Å²) in [6, 6.07) is 6.30. The van der Waals surface area contributed by atoms with Crippen LogP contribution in [-0.4, -0.2) is 38.9 Å². The Kier molecular flexibility index (Phi) is 5.55. The molecule has 0 saturated carbocycles. The molecule has 2 atom stereocenters. The van der Waals surface area contributed by atoms with E-state index in [1.807, 2.05) is 26.0 Å². The molecule has 1 fully saturated rings. The van der Waals surface area contributed by atoms with Gasteiger partial charge >= 0.3 is 0 Å². The third-order valence-corrected chi connectivity index (χ3v) is 4.38.